The summed E-state index contributed by atoms with van der Waals surface area (Å²) in [4.78, 5) is 10.6. The summed E-state index contributed by atoms with van der Waals surface area (Å²) in [7, 11) is -3.08. The van der Waals surface area contributed by atoms with Crippen LogP contribution in [0.15, 0.2) is 12.1 Å². The van der Waals surface area contributed by atoms with Crippen molar-refractivity contribution in [3.05, 3.63) is 22.2 Å². The lowest BCUT2D eigenvalue weighted by molar-refractivity contribution is -0.384. The molecule has 1 aromatic rings. The fourth-order valence-electron chi connectivity index (χ4n) is 2.55. The van der Waals surface area contributed by atoms with Crippen molar-refractivity contribution in [2.24, 2.45) is 0 Å². The van der Waals surface area contributed by atoms with Crippen LogP contribution >= 0.6 is 0 Å². The molecular formula is C12H14N2O6S. The maximum Gasteiger partial charge on any atom is 0.296 e. The summed E-state index contributed by atoms with van der Waals surface area (Å²) in [5.41, 5.74) is 0.105. The average Bonchev–Trinajstić information content (AvgIpc) is 2.83. The van der Waals surface area contributed by atoms with Crippen LogP contribution < -0.4 is 14.8 Å². The number of nitrogens with one attached hydrogen (secondary N) is 1. The van der Waals surface area contributed by atoms with Crippen LogP contribution in [-0.2, 0) is 9.84 Å². The van der Waals surface area contributed by atoms with Gasteiger partial charge in [-0.2, -0.15) is 0 Å². The van der Waals surface area contributed by atoms with Gasteiger partial charge in [-0.1, -0.05) is 0 Å². The number of hydrogen-bond acceptors (Lipinski definition) is 7. The molecule has 1 N–H and O–H groups in total. The number of anilines is 1. The Morgan fingerprint density at radius 3 is 2.67 bits per heavy atom. The first-order chi connectivity index (χ1) is 9.94. The highest BCUT2D eigenvalue weighted by Gasteiger charge is 2.28. The number of sulfone groups is 1. The van der Waals surface area contributed by atoms with Gasteiger partial charge in [-0.05, 0) is 12.8 Å². The molecule has 21 heavy (non-hydrogen) atoms. The highest BCUT2D eigenvalue weighted by molar-refractivity contribution is 7.91. The molecule has 1 fully saturated rings. The molecule has 9 heteroatoms. The van der Waals surface area contributed by atoms with E-state index in [1.165, 1.54) is 12.1 Å². The van der Waals surface area contributed by atoms with Crippen molar-refractivity contribution in [1.29, 1.82) is 0 Å². The van der Waals surface area contributed by atoms with Gasteiger partial charge in [-0.15, -0.1) is 0 Å². The van der Waals surface area contributed by atoms with Crippen LogP contribution in [0.5, 0.6) is 11.5 Å². The number of rotatable bonds is 3. The SMILES string of the molecule is O=[N+]([O-])c1cc2c(cc1NC1CCCS(=O)(=O)C1)OCO2. The van der Waals surface area contributed by atoms with Gasteiger partial charge in [0.2, 0.25) is 6.79 Å². The molecule has 0 aromatic heterocycles. The van der Waals surface area contributed by atoms with Crippen molar-refractivity contribution < 1.29 is 22.8 Å². The van der Waals surface area contributed by atoms with Gasteiger partial charge < -0.3 is 14.8 Å². The second-order valence-corrected chi connectivity index (χ2v) is 7.31. The molecule has 1 atom stereocenters. The lowest BCUT2D eigenvalue weighted by Gasteiger charge is -2.23. The van der Waals surface area contributed by atoms with Crippen molar-refractivity contribution in [3.8, 4) is 11.5 Å². The van der Waals surface area contributed by atoms with E-state index in [0.717, 1.165) is 0 Å². The van der Waals surface area contributed by atoms with Crippen LogP contribution in [0.3, 0.4) is 0 Å². The number of ether oxygens (including phenoxy) is 2. The van der Waals surface area contributed by atoms with Gasteiger partial charge in [0, 0.05) is 12.1 Å². The van der Waals surface area contributed by atoms with Crippen LogP contribution in [0.1, 0.15) is 12.8 Å². The normalized spacial score (nSPS) is 22.8. The summed E-state index contributed by atoms with van der Waals surface area (Å²) in [6.45, 7) is 0.0216. The van der Waals surface area contributed by atoms with E-state index in [4.69, 9.17) is 9.47 Å². The zero-order valence-corrected chi connectivity index (χ0v) is 11.9. The standard InChI is InChI=1S/C12H14N2O6S/c15-14(16)10-5-12-11(19-7-20-12)4-9(10)13-8-2-1-3-21(17,18)6-8/h4-5,8,13H,1-3,6-7H2. The molecule has 0 amide bonds. The fraction of sp³-hybridized carbons (Fsp3) is 0.500. The number of hydrogen-bond donors (Lipinski definition) is 1. The fourth-order valence-corrected chi connectivity index (χ4v) is 4.19. The Morgan fingerprint density at radius 2 is 2.00 bits per heavy atom. The van der Waals surface area contributed by atoms with Crippen LogP contribution in [0.2, 0.25) is 0 Å². The van der Waals surface area contributed by atoms with Gasteiger partial charge in [0.15, 0.2) is 21.3 Å². The molecule has 0 radical (unpaired) electrons. The minimum absolute atomic E-state index is 0.0153. The summed E-state index contributed by atoms with van der Waals surface area (Å²) < 4.78 is 33.6. The number of benzene rings is 1. The Morgan fingerprint density at radius 1 is 1.29 bits per heavy atom. The van der Waals surface area contributed by atoms with Crippen LogP contribution in [0.25, 0.3) is 0 Å². The minimum atomic E-state index is -3.08. The predicted octanol–water partition coefficient (Wildman–Crippen LogP) is 1.31. The van der Waals surface area contributed by atoms with E-state index >= 15 is 0 Å². The second kappa shape index (κ2) is 5.06. The monoisotopic (exact) mass is 314 g/mol. The molecule has 0 spiro atoms. The average molecular weight is 314 g/mol. The predicted molar refractivity (Wildman–Crippen MR) is 74.5 cm³/mol. The molecule has 1 unspecified atom stereocenters. The Kier molecular flexibility index (Phi) is 3.36. The maximum atomic E-state index is 11.6. The third-order valence-electron chi connectivity index (χ3n) is 3.51. The van der Waals surface area contributed by atoms with Crippen molar-refractivity contribution in [2.45, 2.75) is 18.9 Å². The van der Waals surface area contributed by atoms with Gasteiger partial charge in [-0.25, -0.2) is 8.42 Å². The molecule has 8 nitrogen and oxygen atoms in total. The number of nitro groups is 1. The molecule has 3 rings (SSSR count). The van der Waals surface area contributed by atoms with Gasteiger partial charge in [0.05, 0.1) is 22.5 Å². The van der Waals surface area contributed by atoms with Crippen LogP contribution in [0, 0.1) is 10.1 Å². The van der Waals surface area contributed by atoms with E-state index in [1.54, 1.807) is 0 Å². The lowest BCUT2D eigenvalue weighted by atomic mass is 10.1. The van der Waals surface area contributed by atoms with E-state index in [2.05, 4.69) is 5.32 Å². The third kappa shape index (κ3) is 2.87. The van der Waals surface area contributed by atoms with E-state index < -0.39 is 14.8 Å². The van der Waals surface area contributed by atoms with E-state index in [1.807, 2.05) is 0 Å². The molecule has 2 aliphatic rings. The largest absolute Gasteiger partial charge is 0.454 e. The molecule has 2 heterocycles. The van der Waals surface area contributed by atoms with Crippen LogP contribution in [0.4, 0.5) is 11.4 Å². The summed E-state index contributed by atoms with van der Waals surface area (Å²) in [6.07, 6.45) is 1.21. The summed E-state index contributed by atoms with van der Waals surface area (Å²) in [6, 6.07) is 2.45. The molecule has 0 bridgehead atoms. The smallest absolute Gasteiger partial charge is 0.296 e. The maximum absolute atomic E-state index is 11.6. The molecule has 0 saturated carbocycles. The zero-order chi connectivity index (χ0) is 15.0. The van der Waals surface area contributed by atoms with Crippen LogP contribution in [-0.4, -0.2) is 37.7 Å². The molecular weight excluding hydrogens is 300 g/mol. The van der Waals surface area contributed by atoms with Crippen molar-refractivity contribution >= 4 is 21.2 Å². The topological polar surface area (TPSA) is 108 Å². The van der Waals surface area contributed by atoms with Gasteiger partial charge in [0.25, 0.3) is 5.69 Å². The van der Waals surface area contributed by atoms with Crippen molar-refractivity contribution in [1.82, 2.24) is 0 Å². The number of nitro benzene ring substituents is 1. The van der Waals surface area contributed by atoms with Crippen molar-refractivity contribution in [3.63, 3.8) is 0 Å². The number of nitrogens with zero attached hydrogens (tertiary/aromatic N) is 1. The highest BCUT2D eigenvalue weighted by Crippen LogP contribution is 2.41. The molecule has 114 valence electrons. The highest BCUT2D eigenvalue weighted by atomic mass is 32.2. The number of fused-ring (bicyclic) bond motifs is 1. The van der Waals surface area contributed by atoms with E-state index in [0.29, 0.717) is 24.3 Å². The first kappa shape index (κ1) is 13.9. The Balaban J connectivity index is 1.89. The van der Waals surface area contributed by atoms with Gasteiger partial charge in [-0.3, -0.25) is 10.1 Å². The van der Waals surface area contributed by atoms with Crippen molar-refractivity contribution in [2.75, 3.05) is 23.6 Å². The lowest BCUT2D eigenvalue weighted by Crippen LogP contribution is -2.34. The summed E-state index contributed by atoms with van der Waals surface area (Å²) in [5.74, 6) is 0.901. The third-order valence-corrected chi connectivity index (χ3v) is 5.33. The van der Waals surface area contributed by atoms with E-state index in [9.17, 15) is 18.5 Å². The first-order valence-electron chi connectivity index (χ1n) is 6.49. The van der Waals surface area contributed by atoms with Gasteiger partial charge >= 0.3 is 0 Å². The quantitative estimate of drug-likeness (QED) is 0.662. The summed E-state index contributed by atoms with van der Waals surface area (Å²) >= 11 is 0. The van der Waals surface area contributed by atoms with E-state index in [-0.39, 0.29) is 35.7 Å². The second-order valence-electron chi connectivity index (χ2n) is 5.08. The van der Waals surface area contributed by atoms with Gasteiger partial charge in [0.1, 0.15) is 5.69 Å². The Bertz CT molecular complexity index is 687. The molecule has 1 saturated heterocycles. The molecule has 1 aromatic carbocycles. The Hall–Kier alpha value is -2.03. The Labute approximate surface area is 121 Å². The minimum Gasteiger partial charge on any atom is -0.454 e. The first-order valence-corrected chi connectivity index (χ1v) is 8.32. The molecule has 0 aliphatic carbocycles. The zero-order valence-electron chi connectivity index (χ0n) is 11.1. The molecule has 2 aliphatic heterocycles. The summed E-state index contributed by atoms with van der Waals surface area (Å²) in [5, 5.41) is 14.1.